The summed E-state index contributed by atoms with van der Waals surface area (Å²) in [6, 6.07) is 52.8. The molecule has 0 radical (unpaired) electrons. The largest absolute Gasteiger partial charge is 0.456 e. The van der Waals surface area contributed by atoms with Gasteiger partial charge in [-0.2, -0.15) is 0 Å². The standard InChI is InChI=1S/C50H35N3O2/c1-3-50(4-2)39-21-10-8-18-34(39)35-25-27-43-45(46(35)50)38-29-32(24-26-41(38)55-43)31-16-12-17-33(28-31)48-51-47(30-14-6-5-7-15-30)52-49(53-48)37-20-13-23-42-44(37)36-19-9-11-22-40(36)54-42/h5-29H,3-4H2,1-2H3. The van der Waals surface area contributed by atoms with E-state index in [-0.39, 0.29) is 5.41 Å². The summed E-state index contributed by atoms with van der Waals surface area (Å²) in [7, 11) is 0. The SMILES string of the molecule is CCC1(CC)c2ccccc2-c2ccc3oc4ccc(-c5cccc(-c6nc(-c7ccccc7)nc(-c7cccc8oc9ccccc9c78)n6)c5)cc4c3c21. The number of fused-ring (bicyclic) bond motifs is 10. The third-order valence-electron chi connectivity index (χ3n) is 11.8. The Balaban J connectivity index is 1.08. The van der Waals surface area contributed by atoms with Crippen molar-refractivity contribution in [2.45, 2.75) is 32.1 Å². The van der Waals surface area contributed by atoms with E-state index in [2.05, 4.69) is 105 Å². The number of nitrogens with zero attached hydrogens (tertiary/aromatic N) is 3. The molecule has 11 rings (SSSR count). The van der Waals surface area contributed by atoms with Crippen LogP contribution in [-0.2, 0) is 5.41 Å². The molecular weight excluding hydrogens is 675 g/mol. The fourth-order valence-corrected chi connectivity index (χ4v) is 9.16. The molecule has 0 bridgehead atoms. The highest BCUT2D eigenvalue weighted by atomic mass is 16.3. The molecule has 1 aliphatic carbocycles. The van der Waals surface area contributed by atoms with E-state index in [1.165, 1.54) is 27.6 Å². The number of hydrogen-bond acceptors (Lipinski definition) is 5. The Labute approximate surface area is 318 Å². The maximum absolute atomic E-state index is 6.57. The second-order valence-electron chi connectivity index (χ2n) is 14.5. The molecule has 55 heavy (non-hydrogen) atoms. The Morgan fingerprint density at radius 1 is 0.418 bits per heavy atom. The van der Waals surface area contributed by atoms with E-state index in [0.717, 1.165) is 79.1 Å². The number of rotatable bonds is 6. The summed E-state index contributed by atoms with van der Waals surface area (Å²) in [4.78, 5) is 15.3. The molecule has 0 amide bonds. The first-order valence-corrected chi connectivity index (χ1v) is 19.1. The van der Waals surface area contributed by atoms with E-state index in [0.29, 0.717) is 17.5 Å². The van der Waals surface area contributed by atoms with Crippen molar-refractivity contribution in [3.05, 3.63) is 163 Å². The number of furan rings is 2. The van der Waals surface area contributed by atoms with Gasteiger partial charge in [0.15, 0.2) is 17.5 Å². The van der Waals surface area contributed by atoms with Crippen molar-refractivity contribution in [2.24, 2.45) is 0 Å². The lowest BCUT2D eigenvalue weighted by Crippen LogP contribution is -2.23. The lowest BCUT2D eigenvalue weighted by Gasteiger charge is -2.30. The molecule has 10 aromatic rings. The second kappa shape index (κ2) is 12.1. The van der Waals surface area contributed by atoms with Gasteiger partial charge in [0.05, 0.1) is 0 Å². The molecule has 7 aromatic carbocycles. The number of hydrogen-bond donors (Lipinski definition) is 0. The molecule has 3 heterocycles. The zero-order valence-corrected chi connectivity index (χ0v) is 30.5. The highest BCUT2D eigenvalue weighted by molar-refractivity contribution is 6.13. The van der Waals surface area contributed by atoms with Crippen LogP contribution in [0.4, 0.5) is 0 Å². The summed E-state index contributed by atoms with van der Waals surface area (Å²) in [5, 5.41) is 4.39. The van der Waals surface area contributed by atoms with Crippen molar-refractivity contribution >= 4 is 43.9 Å². The monoisotopic (exact) mass is 709 g/mol. The van der Waals surface area contributed by atoms with Crippen LogP contribution in [0.2, 0.25) is 0 Å². The van der Waals surface area contributed by atoms with Gasteiger partial charge in [0.1, 0.15) is 22.3 Å². The maximum atomic E-state index is 6.57. The highest BCUT2D eigenvalue weighted by Crippen LogP contribution is 2.56. The minimum absolute atomic E-state index is 0.0713. The summed E-state index contributed by atoms with van der Waals surface area (Å²) in [5.74, 6) is 1.83. The van der Waals surface area contributed by atoms with Gasteiger partial charge in [-0.1, -0.05) is 129 Å². The topological polar surface area (TPSA) is 65.0 Å². The van der Waals surface area contributed by atoms with Crippen molar-refractivity contribution in [1.29, 1.82) is 0 Å². The van der Waals surface area contributed by atoms with Gasteiger partial charge >= 0.3 is 0 Å². The van der Waals surface area contributed by atoms with Gasteiger partial charge in [0.25, 0.3) is 0 Å². The summed E-state index contributed by atoms with van der Waals surface area (Å²) in [6.45, 7) is 4.64. The van der Waals surface area contributed by atoms with Gasteiger partial charge < -0.3 is 8.83 Å². The van der Waals surface area contributed by atoms with Crippen LogP contribution in [0.5, 0.6) is 0 Å². The lowest BCUT2D eigenvalue weighted by molar-refractivity contribution is 0.494. The van der Waals surface area contributed by atoms with E-state index in [9.17, 15) is 0 Å². The van der Waals surface area contributed by atoms with Crippen molar-refractivity contribution in [2.75, 3.05) is 0 Å². The molecule has 0 saturated heterocycles. The molecule has 0 fully saturated rings. The Bertz CT molecular complexity index is 3130. The molecule has 3 aromatic heterocycles. The van der Waals surface area contributed by atoms with Crippen LogP contribution in [0, 0.1) is 0 Å². The van der Waals surface area contributed by atoms with Gasteiger partial charge in [-0.25, -0.2) is 15.0 Å². The Hall–Kier alpha value is -6.85. The van der Waals surface area contributed by atoms with E-state index in [1.54, 1.807) is 0 Å². The molecular formula is C50H35N3O2. The average molecular weight is 710 g/mol. The first kappa shape index (κ1) is 31.7. The molecule has 262 valence electrons. The fraction of sp³-hybridized carbons (Fsp3) is 0.100. The summed E-state index contributed by atoms with van der Waals surface area (Å²) < 4.78 is 12.8. The van der Waals surface area contributed by atoms with E-state index in [4.69, 9.17) is 23.8 Å². The molecule has 0 atom stereocenters. The Morgan fingerprint density at radius 2 is 1.02 bits per heavy atom. The van der Waals surface area contributed by atoms with Gasteiger partial charge in [-0.15, -0.1) is 0 Å². The third kappa shape index (κ3) is 4.69. The van der Waals surface area contributed by atoms with Crippen LogP contribution < -0.4 is 0 Å². The van der Waals surface area contributed by atoms with Crippen molar-refractivity contribution < 1.29 is 8.83 Å². The van der Waals surface area contributed by atoms with Crippen LogP contribution in [0.3, 0.4) is 0 Å². The zero-order chi connectivity index (χ0) is 36.7. The normalized spacial score (nSPS) is 13.2. The molecule has 0 spiro atoms. The zero-order valence-electron chi connectivity index (χ0n) is 30.5. The van der Waals surface area contributed by atoms with Crippen LogP contribution in [-0.4, -0.2) is 15.0 Å². The lowest BCUT2D eigenvalue weighted by atomic mass is 9.72. The Kier molecular flexibility index (Phi) is 6.96. The first-order valence-electron chi connectivity index (χ1n) is 19.1. The first-order chi connectivity index (χ1) is 27.1. The third-order valence-corrected chi connectivity index (χ3v) is 11.8. The second-order valence-corrected chi connectivity index (χ2v) is 14.5. The number of para-hydroxylation sites is 1. The maximum Gasteiger partial charge on any atom is 0.164 e. The minimum atomic E-state index is -0.0713. The number of benzene rings is 7. The summed E-state index contributed by atoms with van der Waals surface area (Å²) >= 11 is 0. The molecule has 0 unspecified atom stereocenters. The summed E-state index contributed by atoms with van der Waals surface area (Å²) in [5.41, 5.74) is 13.8. The van der Waals surface area contributed by atoms with Crippen LogP contribution in [0.1, 0.15) is 37.8 Å². The van der Waals surface area contributed by atoms with Crippen LogP contribution >= 0.6 is 0 Å². The van der Waals surface area contributed by atoms with Gasteiger partial charge in [-0.05, 0) is 82.6 Å². The molecule has 0 aliphatic heterocycles. The Morgan fingerprint density at radius 3 is 1.87 bits per heavy atom. The van der Waals surface area contributed by atoms with Crippen LogP contribution in [0.25, 0.3) is 100 Å². The quantitative estimate of drug-likeness (QED) is 0.172. The molecule has 1 aliphatic rings. The van der Waals surface area contributed by atoms with Crippen molar-refractivity contribution in [1.82, 2.24) is 15.0 Å². The van der Waals surface area contributed by atoms with Crippen LogP contribution in [0.15, 0.2) is 160 Å². The molecule has 5 nitrogen and oxygen atoms in total. The smallest absolute Gasteiger partial charge is 0.164 e. The predicted molar refractivity (Wildman–Crippen MR) is 223 cm³/mol. The van der Waals surface area contributed by atoms with E-state index < -0.39 is 0 Å². The van der Waals surface area contributed by atoms with Crippen molar-refractivity contribution in [3.8, 4) is 56.4 Å². The molecule has 5 heteroatoms. The number of aromatic nitrogens is 3. The van der Waals surface area contributed by atoms with E-state index >= 15 is 0 Å². The van der Waals surface area contributed by atoms with Gasteiger partial charge in [-0.3, -0.25) is 0 Å². The minimum Gasteiger partial charge on any atom is -0.456 e. The fourth-order valence-electron chi connectivity index (χ4n) is 9.16. The average Bonchev–Trinajstić information content (AvgIpc) is 3.91. The van der Waals surface area contributed by atoms with Crippen molar-refractivity contribution in [3.63, 3.8) is 0 Å². The van der Waals surface area contributed by atoms with Gasteiger partial charge in [0, 0.05) is 43.7 Å². The summed E-state index contributed by atoms with van der Waals surface area (Å²) in [6.07, 6.45) is 2.04. The van der Waals surface area contributed by atoms with Gasteiger partial charge in [0.2, 0.25) is 0 Å². The molecule has 0 N–H and O–H groups in total. The predicted octanol–water partition coefficient (Wildman–Crippen LogP) is 13.4. The highest BCUT2D eigenvalue weighted by Gasteiger charge is 2.42. The van der Waals surface area contributed by atoms with E-state index in [1.807, 2.05) is 60.7 Å². The molecule has 0 saturated carbocycles.